The summed E-state index contributed by atoms with van der Waals surface area (Å²) in [4.78, 5) is 0. The van der Waals surface area contributed by atoms with E-state index in [0.717, 1.165) is 53.6 Å². The predicted molar refractivity (Wildman–Crippen MR) is 74.8 cm³/mol. The maximum atomic E-state index is 12.6. The number of aliphatic hydroxyl groups is 1. The molecule has 0 aliphatic heterocycles. The number of aliphatic hydroxyl groups excluding tert-OH is 1. The van der Waals surface area contributed by atoms with E-state index < -0.39 is 17.8 Å². The Kier molecular flexibility index (Phi) is 3.49. The van der Waals surface area contributed by atoms with Gasteiger partial charge in [-0.3, -0.25) is 0 Å². The standard InChI is InChI=1S/C17H15F3O/c18-17(19,20)14-7-4-11(5-8-14)12-6-9-15-13(10-12)2-1-3-16(15)21/h4-10,16,21H,1-3H2. The Morgan fingerprint density at radius 3 is 2.29 bits per heavy atom. The molecule has 3 rings (SSSR count). The van der Waals surface area contributed by atoms with Crippen LogP contribution in [0.1, 0.15) is 35.6 Å². The molecule has 0 aromatic heterocycles. The van der Waals surface area contributed by atoms with Crippen LogP contribution in [0.4, 0.5) is 13.2 Å². The van der Waals surface area contributed by atoms with Gasteiger partial charge in [0.2, 0.25) is 0 Å². The molecule has 1 N–H and O–H groups in total. The highest BCUT2D eigenvalue weighted by molar-refractivity contribution is 5.65. The first kappa shape index (κ1) is 14.1. The molecular weight excluding hydrogens is 277 g/mol. The van der Waals surface area contributed by atoms with Crippen molar-refractivity contribution in [3.8, 4) is 11.1 Å². The molecule has 1 atom stereocenters. The predicted octanol–water partition coefficient (Wildman–Crippen LogP) is 4.74. The van der Waals surface area contributed by atoms with Crippen LogP contribution in [-0.4, -0.2) is 5.11 Å². The molecule has 0 saturated carbocycles. The summed E-state index contributed by atoms with van der Waals surface area (Å²) in [6.07, 6.45) is -2.12. The van der Waals surface area contributed by atoms with E-state index in [1.165, 1.54) is 12.1 Å². The quantitative estimate of drug-likeness (QED) is 0.804. The second-order valence-electron chi connectivity index (χ2n) is 5.40. The second-order valence-corrected chi connectivity index (χ2v) is 5.40. The van der Waals surface area contributed by atoms with Crippen molar-refractivity contribution in [2.45, 2.75) is 31.5 Å². The van der Waals surface area contributed by atoms with E-state index in [-0.39, 0.29) is 0 Å². The number of halogens is 3. The van der Waals surface area contributed by atoms with Crippen LogP contribution in [0.25, 0.3) is 11.1 Å². The van der Waals surface area contributed by atoms with E-state index >= 15 is 0 Å². The average Bonchev–Trinajstić information content (AvgIpc) is 2.46. The average molecular weight is 292 g/mol. The topological polar surface area (TPSA) is 20.2 Å². The highest BCUT2D eigenvalue weighted by atomic mass is 19.4. The molecule has 1 aliphatic carbocycles. The van der Waals surface area contributed by atoms with Crippen molar-refractivity contribution < 1.29 is 18.3 Å². The van der Waals surface area contributed by atoms with Crippen LogP contribution < -0.4 is 0 Å². The third-order valence-electron chi connectivity index (χ3n) is 3.97. The minimum atomic E-state index is -4.31. The van der Waals surface area contributed by atoms with Crippen LogP contribution >= 0.6 is 0 Å². The summed E-state index contributed by atoms with van der Waals surface area (Å²) >= 11 is 0. The lowest BCUT2D eigenvalue weighted by Crippen LogP contribution is -2.09. The summed E-state index contributed by atoms with van der Waals surface area (Å²) in [6, 6.07) is 10.9. The molecule has 110 valence electrons. The number of hydrogen-bond donors (Lipinski definition) is 1. The van der Waals surface area contributed by atoms with E-state index in [4.69, 9.17) is 0 Å². The van der Waals surface area contributed by atoms with Crippen LogP contribution in [0, 0.1) is 0 Å². The van der Waals surface area contributed by atoms with Gasteiger partial charge in [-0.2, -0.15) is 13.2 Å². The van der Waals surface area contributed by atoms with Crippen molar-refractivity contribution in [3.05, 3.63) is 59.2 Å². The van der Waals surface area contributed by atoms with Gasteiger partial charge in [-0.05, 0) is 53.6 Å². The van der Waals surface area contributed by atoms with Gasteiger partial charge in [0.1, 0.15) is 0 Å². The molecule has 0 bridgehead atoms. The van der Waals surface area contributed by atoms with Crippen molar-refractivity contribution >= 4 is 0 Å². The first-order chi connectivity index (χ1) is 9.95. The lowest BCUT2D eigenvalue weighted by Gasteiger charge is -2.22. The molecule has 4 heteroatoms. The monoisotopic (exact) mass is 292 g/mol. The highest BCUT2D eigenvalue weighted by Gasteiger charge is 2.30. The summed E-state index contributed by atoms with van der Waals surface area (Å²) in [6.45, 7) is 0. The Labute approximate surface area is 121 Å². The van der Waals surface area contributed by atoms with Crippen LogP contribution in [0.2, 0.25) is 0 Å². The van der Waals surface area contributed by atoms with Gasteiger partial charge < -0.3 is 5.11 Å². The smallest absolute Gasteiger partial charge is 0.388 e. The molecule has 0 radical (unpaired) electrons. The van der Waals surface area contributed by atoms with Crippen LogP contribution in [0.15, 0.2) is 42.5 Å². The van der Waals surface area contributed by atoms with Crippen molar-refractivity contribution in [1.82, 2.24) is 0 Å². The molecule has 1 nitrogen and oxygen atoms in total. The molecule has 0 amide bonds. The molecule has 21 heavy (non-hydrogen) atoms. The highest BCUT2D eigenvalue weighted by Crippen LogP contribution is 2.34. The minimum Gasteiger partial charge on any atom is -0.388 e. The Hall–Kier alpha value is -1.81. The van der Waals surface area contributed by atoms with E-state index in [2.05, 4.69) is 0 Å². The summed E-state index contributed by atoms with van der Waals surface area (Å²) in [5.74, 6) is 0. The van der Waals surface area contributed by atoms with Crippen LogP contribution in [0.3, 0.4) is 0 Å². The lowest BCUT2D eigenvalue weighted by atomic mass is 9.87. The zero-order valence-corrected chi connectivity index (χ0v) is 11.3. The summed E-state index contributed by atoms with van der Waals surface area (Å²) in [5.41, 5.74) is 3.03. The Balaban J connectivity index is 1.94. The Morgan fingerprint density at radius 2 is 1.62 bits per heavy atom. The molecule has 0 fully saturated rings. The van der Waals surface area contributed by atoms with Crippen LogP contribution in [-0.2, 0) is 12.6 Å². The molecule has 1 unspecified atom stereocenters. The van der Waals surface area contributed by atoms with Gasteiger partial charge in [0, 0.05) is 0 Å². The number of rotatable bonds is 1. The molecule has 0 spiro atoms. The van der Waals surface area contributed by atoms with Gasteiger partial charge in [-0.1, -0.05) is 30.3 Å². The van der Waals surface area contributed by atoms with Crippen molar-refractivity contribution in [1.29, 1.82) is 0 Å². The number of hydrogen-bond acceptors (Lipinski definition) is 1. The second kappa shape index (κ2) is 5.19. The Morgan fingerprint density at radius 1 is 0.952 bits per heavy atom. The van der Waals surface area contributed by atoms with Gasteiger partial charge in [0.05, 0.1) is 11.7 Å². The normalized spacial score (nSPS) is 18.4. The molecule has 1 aliphatic rings. The van der Waals surface area contributed by atoms with Crippen LogP contribution in [0.5, 0.6) is 0 Å². The maximum Gasteiger partial charge on any atom is 0.416 e. The van der Waals surface area contributed by atoms with E-state index in [0.29, 0.717) is 0 Å². The summed E-state index contributed by atoms with van der Waals surface area (Å²) in [5, 5.41) is 9.92. The summed E-state index contributed by atoms with van der Waals surface area (Å²) in [7, 11) is 0. The number of benzene rings is 2. The van der Waals surface area contributed by atoms with E-state index in [9.17, 15) is 18.3 Å². The zero-order chi connectivity index (χ0) is 15.0. The summed E-state index contributed by atoms with van der Waals surface area (Å²) < 4.78 is 37.7. The maximum absolute atomic E-state index is 12.6. The first-order valence-electron chi connectivity index (χ1n) is 6.94. The molecule has 2 aromatic carbocycles. The van der Waals surface area contributed by atoms with Gasteiger partial charge in [-0.25, -0.2) is 0 Å². The third kappa shape index (κ3) is 2.81. The fourth-order valence-corrected chi connectivity index (χ4v) is 2.82. The number of aryl methyl sites for hydroxylation is 1. The third-order valence-corrected chi connectivity index (χ3v) is 3.97. The lowest BCUT2D eigenvalue weighted by molar-refractivity contribution is -0.137. The fraction of sp³-hybridized carbons (Fsp3) is 0.294. The largest absolute Gasteiger partial charge is 0.416 e. The van der Waals surface area contributed by atoms with Crippen molar-refractivity contribution in [2.75, 3.05) is 0 Å². The molecule has 0 saturated heterocycles. The number of fused-ring (bicyclic) bond motifs is 1. The van der Waals surface area contributed by atoms with E-state index in [1.54, 1.807) is 0 Å². The minimum absolute atomic E-state index is 0.421. The van der Waals surface area contributed by atoms with Crippen molar-refractivity contribution in [3.63, 3.8) is 0 Å². The fourth-order valence-electron chi connectivity index (χ4n) is 2.82. The molecular formula is C17H15F3O. The van der Waals surface area contributed by atoms with Crippen molar-refractivity contribution in [2.24, 2.45) is 0 Å². The van der Waals surface area contributed by atoms with Gasteiger partial charge in [-0.15, -0.1) is 0 Å². The first-order valence-corrected chi connectivity index (χ1v) is 6.94. The van der Waals surface area contributed by atoms with Gasteiger partial charge in [0.25, 0.3) is 0 Å². The van der Waals surface area contributed by atoms with E-state index in [1.807, 2.05) is 18.2 Å². The Bertz CT molecular complexity index is 644. The number of alkyl halides is 3. The zero-order valence-electron chi connectivity index (χ0n) is 11.3. The van der Waals surface area contributed by atoms with Gasteiger partial charge >= 0.3 is 6.18 Å². The molecule has 0 heterocycles. The molecule has 2 aromatic rings. The van der Waals surface area contributed by atoms with Gasteiger partial charge in [0.15, 0.2) is 0 Å². The SMILES string of the molecule is OC1CCCc2cc(-c3ccc(C(F)(F)F)cc3)ccc21.